The van der Waals surface area contributed by atoms with Crippen molar-refractivity contribution in [3.63, 3.8) is 0 Å². The van der Waals surface area contributed by atoms with Gasteiger partial charge in [0.2, 0.25) is 0 Å². The van der Waals surface area contributed by atoms with Crippen molar-refractivity contribution in [2.24, 2.45) is 0 Å². The normalized spacial score (nSPS) is 12.8. The molecule has 6 nitrogen and oxygen atoms in total. The summed E-state index contributed by atoms with van der Waals surface area (Å²) in [6.07, 6.45) is 0. The molecule has 144 valence electrons. The number of aromatic carboxylic acids is 1. The fourth-order valence-corrected chi connectivity index (χ4v) is 3.26. The van der Waals surface area contributed by atoms with Crippen molar-refractivity contribution in [1.82, 2.24) is 0 Å². The quantitative estimate of drug-likeness (QED) is 0.618. The van der Waals surface area contributed by atoms with Gasteiger partial charge in [0.15, 0.2) is 0 Å². The number of hydrogen-bond acceptors (Lipinski definition) is 5. The molecule has 0 bridgehead atoms. The van der Waals surface area contributed by atoms with Crippen molar-refractivity contribution in [2.75, 3.05) is 4.90 Å². The number of carboxylic acids is 1. The molecule has 0 atom stereocenters. The van der Waals surface area contributed by atoms with Crippen LogP contribution in [0.5, 0.6) is 11.5 Å². The van der Waals surface area contributed by atoms with Gasteiger partial charge in [-0.05, 0) is 55.0 Å². The topological polar surface area (TPSA) is 86.7 Å². The summed E-state index contributed by atoms with van der Waals surface area (Å²) in [6.45, 7) is 1.96. The molecule has 0 spiro atoms. The largest absolute Gasteiger partial charge is 0.545 e. The lowest BCUT2D eigenvalue weighted by Gasteiger charge is -2.16. The number of rotatable bonds is 4. The molecule has 2 amide bonds. The van der Waals surface area contributed by atoms with Crippen molar-refractivity contribution >= 4 is 35.1 Å². The highest BCUT2D eigenvalue weighted by atomic mass is 35.5. The smallest absolute Gasteiger partial charge is 0.266 e. The molecule has 1 heterocycles. The first-order valence-corrected chi connectivity index (χ1v) is 9.01. The summed E-state index contributed by atoms with van der Waals surface area (Å²) in [5.41, 5.74) is 1.30. The lowest BCUT2D eigenvalue weighted by Crippen LogP contribution is -2.29. The van der Waals surface area contributed by atoms with Crippen LogP contribution < -0.4 is 14.7 Å². The number of nitrogens with zero attached hydrogens (tertiary/aromatic N) is 1. The van der Waals surface area contributed by atoms with E-state index < -0.39 is 17.8 Å². The van der Waals surface area contributed by atoms with Crippen LogP contribution in [0.3, 0.4) is 0 Å². The number of carbonyl (C=O) groups excluding carboxylic acids is 3. The number of imide groups is 1. The van der Waals surface area contributed by atoms with Crippen molar-refractivity contribution in [3.8, 4) is 11.5 Å². The fraction of sp³-hybridized carbons (Fsp3) is 0.0455. The van der Waals surface area contributed by atoms with Crippen LogP contribution >= 0.6 is 11.6 Å². The third-order valence-electron chi connectivity index (χ3n) is 4.54. The van der Waals surface area contributed by atoms with Crippen LogP contribution in [0, 0.1) is 6.92 Å². The lowest BCUT2D eigenvalue weighted by atomic mass is 10.1. The van der Waals surface area contributed by atoms with E-state index in [1.54, 1.807) is 18.2 Å². The first-order chi connectivity index (χ1) is 13.8. The highest BCUT2D eigenvalue weighted by Crippen LogP contribution is 2.36. The first kappa shape index (κ1) is 18.7. The predicted octanol–water partition coefficient (Wildman–Crippen LogP) is 3.60. The predicted molar refractivity (Wildman–Crippen MR) is 105 cm³/mol. The molecular weight excluding hydrogens is 394 g/mol. The number of hydrogen-bond donors (Lipinski definition) is 0. The molecule has 0 saturated carbocycles. The van der Waals surface area contributed by atoms with Gasteiger partial charge in [-0.15, -0.1) is 0 Å². The summed E-state index contributed by atoms with van der Waals surface area (Å²) in [5, 5.41) is 11.3. The summed E-state index contributed by atoms with van der Waals surface area (Å²) in [4.78, 5) is 37.4. The van der Waals surface area contributed by atoms with Crippen LogP contribution in [-0.4, -0.2) is 17.8 Å². The van der Waals surface area contributed by atoms with Gasteiger partial charge in [0, 0.05) is 0 Å². The standard InChI is InChI=1S/C22H14ClNO5/c1-12-2-6-15(7-3-12)29-19-9-5-14(11-18(19)23)24-20(25)16-8-4-13(22(27)28)10-17(16)21(24)26/h2-11H,1H3,(H,27,28)/p-1. The molecule has 0 saturated heterocycles. The van der Waals surface area contributed by atoms with E-state index in [1.165, 1.54) is 24.3 Å². The number of ether oxygens (including phenoxy) is 1. The minimum atomic E-state index is -1.42. The van der Waals surface area contributed by atoms with E-state index in [1.807, 2.05) is 19.1 Å². The molecule has 29 heavy (non-hydrogen) atoms. The maximum absolute atomic E-state index is 12.7. The van der Waals surface area contributed by atoms with E-state index >= 15 is 0 Å². The maximum atomic E-state index is 12.7. The second-order valence-electron chi connectivity index (χ2n) is 6.52. The van der Waals surface area contributed by atoms with E-state index in [0.29, 0.717) is 11.5 Å². The minimum Gasteiger partial charge on any atom is -0.545 e. The monoisotopic (exact) mass is 406 g/mol. The van der Waals surface area contributed by atoms with Crippen LogP contribution in [0.1, 0.15) is 36.6 Å². The Morgan fingerprint density at radius 1 is 0.931 bits per heavy atom. The first-order valence-electron chi connectivity index (χ1n) is 8.63. The van der Waals surface area contributed by atoms with Crippen LogP contribution in [0.2, 0.25) is 5.02 Å². The van der Waals surface area contributed by atoms with Gasteiger partial charge < -0.3 is 14.6 Å². The van der Waals surface area contributed by atoms with Crippen LogP contribution in [0.25, 0.3) is 0 Å². The van der Waals surface area contributed by atoms with Crippen molar-refractivity contribution in [2.45, 2.75) is 6.92 Å². The highest BCUT2D eigenvalue weighted by molar-refractivity contribution is 6.36. The number of amides is 2. The van der Waals surface area contributed by atoms with Gasteiger partial charge in [0.1, 0.15) is 11.5 Å². The molecule has 0 aliphatic carbocycles. The van der Waals surface area contributed by atoms with Crippen LogP contribution in [-0.2, 0) is 0 Å². The van der Waals surface area contributed by atoms with Crippen LogP contribution in [0.15, 0.2) is 60.7 Å². The average molecular weight is 407 g/mol. The Morgan fingerprint density at radius 2 is 1.62 bits per heavy atom. The lowest BCUT2D eigenvalue weighted by molar-refractivity contribution is -0.255. The zero-order chi connectivity index (χ0) is 20.7. The van der Waals surface area contributed by atoms with E-state index in [9.17, 15) is 19.5 Å². The number of anilines is 1. The molecule has 0 unspecified atom stereocenters. The highest BCUT2D eigenvalue weighted by Gasteiger charge is 2.37. The second kappa shape index (κ2) is 7.07. The van der Waals surface area contributed by atoms with Gasteiger partial charge in [-0.25, -0.2) is 4.90 Å². The van der Waals surface area contributed by atoms with Crippen LogP contribution in [0.4, 0.5) is 5.69 Å². The molecule has 7 heteroatoms. The summed E-state index contributed by atoms with van der Waals surface area (Å²) >= 11 is 6.30. The number of benzene rings is 3. The molecule has 3 aromatic rings. The maximum Gasteiger partial charge on any atom is 0.266 e. The van der Waals surface area contributed by atoms with Gasteiger partial charge in [-0.3, -0.25) is 9.59 Å². The molecule has 0 aromatic heterocycles. The number of carboxylic acid groups (broad SMARTS) is 1. The number of halogens is 1. The summed E-state index contributed by atoms with van der Waals surface area (Å²) < 4.78 is 5.75. The van der Waals surface area contributed by atoms with Crippen molar-refractivity contribution in [1.29, 1.82) is 0 Å². The zero-order valence-corrected chi connectivity index (χ0v) is 15.9. The molecule has 4 rings (SSSR count). The summed E-state index contributed by atoms with van der Waals surface area (Å²) in [6, 6.07) is 15.6. The van der Waals surface area contributed by atoms with Crippen molar-refractivity contribution < 1.29 is 24.2 Å². The number of fused-ring (bicyclic) bond motifs is 1. The molecule has 3 aromatic carbocycles. The summed E-state index contributed by atoms with van der Waals surface area (Å²) in [5.74, 6) is -1.64. The van der Waals surface area contributed by atoms with Gasteiger partial charge in [0.05, 0.1) is 27.8 Å². The Kier molecular flexibility index (Phi) is 4.56. The fourth-order valence-electron chi connectivity index (χ4n) is 3.05. The molecule has 1 aliphatic rings. The number of carbonyl (C=O) groups is 3. The molecule has 1 aliphatic heterocycles. The van der Waals surface area contributed by atoms with Gasteiger partial charge in [-0.2, -0.15) is 0 Å². The van der Waals surface area contributed by atoms with E-state index in [4.69, 9.17) is 16.3 Å². The summed E-state index contributed by atoms with van der Waals surface area (Å²) in [7, 11) is 0. The third kappa shape index (κ3) is 3.34. The second-order valence-corrected chi connectivity index (χ2v) is 6.93. The van der Waals surface area contributed by atoms with E-state index in [-0.39, 0.29) is 27.4 Å². The SMILES string of the molecule is Cc1ccc(Oc2ccc(N3C(=O)c4ccc(C(=O)[O-])cc4C3=O)cc2Cl)cc1. The Morgan fingerprint density at radius 3 is 2.28 bits per heavy atom. The molecule has 0 fully saturated rings. The van der Waals surface area contributed by atoms with Crippen molar-refractivity contribution in [3.05, 3.63) is 87.9 Å². The van der Waals surface area contributed by atoms with Gasteiger partial charge >= 0.3 is 0 Å². The third-order valence-corrected chi connectivity index (χ3v) is 4.84. The number of aryl methyl sites for hydroxylation is 1. The molecule has 0 radical (unpaired) electrons. The van der Waals surface area contributed by atoms with E-state index in [2.05, 4.69) is 0 Å². The average Bonchev–Trinajstić information content (AvgIpc) is 2.95. The Hall–Kier alpha value is -3.64. The van der Waals surface area contributed by atoms with Gasteiger partial charge in [0.25, 0.3) is 11.8 Å². The van der Waals surface area contributed by atoms with E-state index in [0.717, 1.165) is 16.5 Å². The Labute approximate surface area is 170 Å². The van der Waals surface area contributed by atoms with Gasteiger partial charge in [-0.1, -0.05) is 35.4 Å². The minimum absolute atomic E-state index is 0.00723. The Bertz CT molecular complexity index is 1170. The zero-order valence-electron chi connectivity index (χ0n) is 15.1. The molecular formula is C22H13ClNO5-. The Balaban J connectivity index is 1.64. The molecule has 0 N–H and O–H groups in total.